The molecule has 1 heterocycles. The lowest BCUT2D eigenvalue weighted by Crippen LogP contribution is -2.28. The first-order chi connectivity index (χ1) is 7.15. The number of aromatic nitrogens is 1. The molecule has 1 aromatic carbocycles. The Morgan fingerprint density at radius 2 is 2.00 bits per heavy atom. The highest BCUT2D eigenvalue weighted by Crippen LogP contribution is 2.36. The molecule has 0 aliphatic heterocycles. The molecule has 0 atom stereocenters. The van der Waals surface area contributed by atoms with E-state index in [-0.39, 0.29) is 11.5 Å². The van der Waals surface area contributed by atoms with Gasteiger partial charge in [-0.05, 0) is 12.3 Å². The molecule has 0 saturated heterocycles. The number of hydrogen-bond acceptors (Lipinski definition) is 3. The molecule has 0 aliphatic carbocycles. The average Bonchev–Trinajstić information content (AvgIpc) is 2.25. The molecule has 2 aromatic rings. The summed E-state index contributed by atoms with van der Waals surface area (Å²) >= 11 is 1.55. The Bertz CT molecular complexity index is 525. The molecule has 15 heavy (non-hydrogen) atoms. The Hall–Kier alpha value is -1.42. The van der Waals surface area contributed by atoms with Crippen molar-refractivity contribution in [1.29, 1.82) is 0 Å². The zero-order valence-electron chi connectivity index (χ0n) is 8.56. The molecule has 0 aliphatic rings. The van der Waals surface area contributed by atoms with Crippen molar-refractivity contribution in [3.8, 4) is 11.5 Å². The Morgan fingerprint density at radius 3 is 2.67 bits per heavy atom. The van der Waals surface area contributed by atoms with E-state index in [1.807, 2.05) is 31.5 Å². The van der Waals surface area contributed by atoms with Gasteiger partial charge in [0, 0.05) is 11.0 Å². The summed E-state index contributed by atoms with van der Waals surface area (Å²) in [6.45, 7) is 0. The van der Waals surface area contributed by atoms with Crippen LogP contribution in [0.2, 0.25) is 0 Å². The van der Waals surface area contributed by atoms with Crippen LogP contribution in [0.3, 0.4) is 0 Å². The summed E-state index contributed by atoms with van der Waals surface area (Å²) in [5, 5.41) is 20.1. The Balaban J connectivity index is 2.96. The second-order valence-corrected chi connectivity index (χ2v) is 4.18. The summed E-state index contributed by atoms with van der Waals surface area (Å²) in [7, 11) is 1.84. The van der Waals surface area contributed by atoms with Crippen LogP contribution in [0.25, 0.3) is 10.9 Å². The SMILES string of the molecule is CSc1cccc2c1c(O)c(O)c[n+]2C. The van der Waals surface area contributed by atoms with E-state index >= 15 is 0 Å². The van der Waals surface area contributed by atoms with Crippen LogP contribution in [0.4, 0.5) is 0 Å². The van der Waals surface area contributed by atoms with Gasteiger partial charge >= 0.3 is 0 Å². The van der Waals surface area contributed by atoms with E-state index in [2.05, 4.69) is 0 Å². The van der Waals surface area contributed by atoms with Crippen molar-refractivity contribution in [1.82, 2.24) is 0 Å². The molecule has 1 aromatic heterocycles. The summed E-state index contributed by atoms with van der Waals surface area (Å²) in [5.41, 5.74) is 0.900. The molecule has 0 unspecified atom stereocenters. The predicted molar refractivity (Wildman–Crippen MR) is 60.2 cm³/mol. The molecule has 0 amide bonds. The number of nitrogens with zero attached hydrogens (tertiary/aromatic N) is 1. The van der Waals surface area contributed by atoms with Gasteiger partial charge in [0.1, 0.15) is 12.4 Å². The van der Waals surface area contributed by atoms with Gasteiger partial charge in [-0.25, -0.2) is 0 Å². The smallest absolute Gasteiger partial charge is 0.223 e. The van der Waals surface area contributed by atoms with Crippen LogP contribution in [0.1, 0.15) is 0 Å². The van der Waals surface area contributed by atoms with Crippen LogP contribution < -0.4 is 4.57 Å². The average molecular weight is 222 g/mol. The summed E-state index contributed by atoms with van der Waals surface area (Å²) < 4.78 is 1.80. The van der Waals surface area contributed by atoms with Crippen molar-refractivity contribution in [2.45, 2.75) is 4.90 Å². The quantitative estimate of drug-likeness (QED) is 0.571. The van der Waals surface area contributed by atoms with E-state index in [4.69, 9.17) is 0 Å². The van der Waals surface area contributed by atoms with E-state index in [9.17, 15) is 10.2 Å². The lowest BCUT2D eigenvalue weighted by Gasteiger charge is -2.05. The molecule has 0 bridgehead atoms. The van der Waals surface area contributed by atoms with Gasteiger partial charge in [-0.15, -0.1) is 11.8 Å². The molecule has 2 N–H and O–H groups in total. The minimum atomic E-state index is -0.0912. The summed E-state index contributed by atoms with van der Waals surface area (Å²) in [6, 6.07) is 5.77. The molecule has 0 fully saturated rings. The summed E-state index contributed by atoms with van der Waals surface area (Å²) in [5.74, 6) is -0.139. The zero-order valence-corrected chi connectivity index (χ0v) is 9.38. The van der Waals surface area contributed by atoms with Gasteiger partial charge < -0.3 is 10.2 Å². The van der Waals surface area contributed by atoms with E-state index < -0.39 is 0 Å². The number of rotatable bonds is 1. The van der Waals surface area contributed by atoms with Crippen molar-refractivity contribution >= 4 is 22.7 Å². The largest absolute Gasteiger partial charge is 0.503 e. The molecule has 4 heteroatoms. The standard InChI is InChI=1S/C11H11NO2S/c1-12-6-8(13)11(14)10-7(12)4-3-5-9(10)15-2/h3-6,13H,1-2H3/p+1. The zero-order chi connectivity index (χ0) is 11.0. The normalized spacial score (nSPS) is 10.8. The van der Waals surface area contributed by atoms with Crippen molar-refractivity contribution in [3.63, 3.8) is 0 Å². The summed E-state index contributed by atoms with van der Waals surface area (Å²) in [4.78, 5) is 0.955. The minimum absolute atomic E-state index is 0.0481. The van der Waals surface area contributed by atoms with Crippen molar-refractivity contribution < 1.29 is 14.8 Å². The lowest BCUT2D eigenvalue weighted by atomic mass is 10.2. The third-order valence-electron chi connectivity index (χ3n) is 2.40. The first kappa shape index (κ1) is 10.1. The number of pyridine rings is 1. The van der Waals surface area contributed by atoms with E-state index in [1.165, 1.54) is 6.20 Å². The van der Waals surface area contributed by atoms with Gasteiger partial charge in [0.15, 0.2) is 5.75 Å². The molecule has 78 valence electrons. The van der Waals surface area contributed by atoms with Gasteiger partial charge in [-0.1, -0.05) is 6.07 Å². The highest BCUT2D eigenvalue weighted by Gasteiger charge is 2.17. The highest BCUT2D eigenvalue weighted by atomic mass is 32.2. The van der Waals surface area contributed by atoms with Gasteiger partial charge in [-0.2, -0.15) is 4.57 Å². The maximum Gasteiger partial charge on any atom is 0.223 e. The fourth-order valence-electron chi connectivity index (χ4n) is 1.66. The Labute approximate surface area is 92.0 Å². The molecule has 0 radical (unpaired) electrons. The second kappa shape index (κ2) is 3.62. The fraction of sp³-hybridized carbons (Fsp3) is 0.182. The van der Waals surface area contributed by atoms with Crippen LogP contribution in [0, 0.1) is 0 Å². The maximum absolute atomic E-state index is 9.82. The number of hydrogen-bond donors (Lipinski definition) is 2. The van der Waals surface area contributed by atoms with Crippen LogP contribution in [0.5, 0.6) is 11.5 Å². The van der Waals surface area contributed by atoms with E-state index in [1.54, 1.807) is 16.3 Å². The number of aryl methyl sites for hydroxylation is 1. The number of benzene rings is 1. The monoisotopic (exact) mass is 222 g/mol. The molecule has 3 nitrogen and oxygen atoms in total. The molecular weight excluding hydrogens is 210 g/mol. The topological polar surface area (TPSA) is 44.3 Å². The van der Waals surface area contributed by atoms with Crippen molar-refractivity contribution in [2.75, 3.05) is 6.26 Å². The fourth-order valence-corrected chi connectivity index (χ4v) is 2.28. The van der Waals surface area contributed by atoms with E-state index in [0.717, 1.165) is 10.4 Å². The number of fused-ring (bicyclic) bond motifs is 1. The van der Waals surface area contributed by atoms with E-state index in [0.29, 0.717) is 5.39 Å². The van der Waals surface area contributed by atoms with Gasteiger partial charge in [0.05, 0.1) is 0 Å². The van der Waals surface area contributed by atoms with Crippen LogP contribution in [-0.4, -0.2) is 16.5 Å². The lowest BCUT2D eigenvalue weighted by molar-refractivity contribution is -0.645. The number of aromatic hydroxyl groups is 2. The van der Waals surface area contributed by atoms with Crippen LogP contribution >= 0.6 is 11.8 Å². The summed E-state index contributed by atoms with van der Waals surface area (Å²) in [6.07, 6.45) is 3.44. The predicted octanol–water partition coefficient (Wildman–Crippen LogP) is 1.80. The Kier molecular flexibility index (Phi) is 2.44. The number of thioether (sulfide) groups is 1. The minimum Gasteiger partial charge on any atom is -0.503 e. The van der Waals surface area contributed by atoms with Crippen LogP contribution in [-0.2, 0) is 7.05 Å². The van der Waals surface area contributed by atoms with Gasteiger partial charge in [0.2, 0.25) is 17.5 Å². The first-order valence-electron chi connectivity index (χ1n) is 4.52. The second-order valence-electron chi connectivity index (χ2n) is 3.33. The molecule has 0 saturated carbocycles. The van der Waals surface area contributed by atoms with Crippen molar-refractivity contribution in [3.05, 3.63) is 24.4 Å². The van der Waals surface area contributed by atoms with Gasteiger partial charge in [0.25, 0.3) is 0 Å². The third kappa shape index (κ3) is 1.51. The van der Waals surface area contributed by atoms with Crippen LogP contribution in [0.15, 0.2) is 29.3 Å². The Morgan fingerprint density at radius 1 is 1.27 bits per heavy atom. The highest BCUT2D eigenvalue weighted by molar-refractivity contribution is 7.98. The first-order valence-corrected chi connectivity index (χ1v) is 5.75. The maximum atomic E-state index is 9.82. The van der Waals surface area contributed by atoms with Crippen molar-refractivity contribution in [2.24, 2.45) is 7.05 Å². The molecule has 2 rings (SSSR count). The van der Waals surface area contributed by atoms with Gasteiger partial charge in [-0.3, -0.25) is 0 Å². The molecular formula is C11H12NO2S+. The molecule has 0 spiro atoms. The third-order valence-corrected chi connectivity index (χ3v) is 3.18.